The van der Waals surface area contributed by atoms with Crippen molar-refractivity contribution >= 4 is 11.6 Å². The van der Waals surface area contributed by atoms with E-state index in [0.717, 1.165) is 23.4 Å². The van der Waals surface area contributed by atoms with Crippen LogP contribution in [0.25, 0.3) is 5.69 Å². The summed E-state index contributed by atoms with van der Waals surface area (Å²) in [6.45, 7) is 4.03. The molecule has 0 atom stereocenters. The van der Waals surface area contributed by atoms with Gasteiger partial charge in [-0.25, -0.2) is 0 Å². The van der Waals surface area contributed by atoms with Gasteiger partial charge < -0.3 is 0 Å². The first-order valence-electron chi connectivity index (χ1n) is 9.34. The van der Waals surface area contributed by atoms with Gasteiger partial charge in [0.05, 0.1) is 0 Å². The molecule has 4 nitrogen and oxygen atoms in total. The molecule has 2 heterocycles. The summed E-state index contributed by atoms with van der Waals surface area (Å²) in [6, 6.07) is 22.8. The Labute approximate surface area is 165 Å². The van der Waals surface area contributed by atoms with E-state index < -0.39 is 0 Å². The summed E-state index contributed by atoms with van der Waals surface area (Å²) in [6.07, 6.45) is 5.29. The zero-order chi connectivity index (χ0) is 19.9. The van der Waals surface area contributed by atoms with E-state index in [4.69, 9.17) is 0 Å². The molecule has 2 aromatic carbocycles. The molecule has 1 aliphatic rings. The summed E-state index contributed by atoms with van der Waals surface area (Å²) >= 11 is 0. The molecule has 0 unspecified atom stereocenters. The summed E-state index contributed by atoms with van der Waals surface area (Å²) in [5.41, 5.74) is 4.20. The van der Waals surface area contributed by atoms with Gasteiger partial charge in [0.25, 0.3) is 5.56 Å². The lowest BCUT2D eigenvalue weighted by Gasteiger charge is -2.23. The van der Waals surface area contributed by atoms with Crippen LogP contribution in [0.15, 0.2) is 95.6 Å². The summed E-state index contributed by atoms with van der Waals surface area (Å²) in [4.78, 5) is 24.9. The Morgan fingerprint density at radius 3 is 1.96 bits per heavy atom. The lowest BCUT2D eigenvalue weighted by Crippen LogP contribution is -2.28. The van der Waals surface area contributed by atoms with Crippen LogP contribution >= 0.6 is 0 Å². The van der Waals surface area contributed by atoms with E-state index in [9.17, 15) is 9.59 Å². The van der Waals surface area contributed by atoms with Crippen molar-refractivity contribution in [3.8, 4) is 5.69 Å². The first-order valence-corrected chi connectivity index (χ1v) is 9.34. The molecule has 1 aliphatic heterocycles. The number of aryl methyl sites for hydroxylation is 1. The first kappa shape index (κ1) is 19.4. The number of carbonyl (C=O) groups excluding carboxylic acids is 1. The minimum absolute atomic E-state index is 0.00167. The number of nitrogens with zero attached hydrogens (tertiary/aromatic N) is 2. The average molecular weight is 372 g/mol. The average Bonchev–Trinajstić information content (AvgIpc) is 2.73. The molecule has 0 fully saturated rings. The van der Waals surface area contributed by atoms with Crippen LogP contribution in [-0.4, -0.2) is 10.5 Å². The summed E-state index contributed by atoms with van der Waals surface area (Å²) in [5.74, 6) is 0.182. The third kappa shape index (κ3) is 4.86. The molecule has 3 aromatic rings. The number of hydrogen-bond donors (Lipinski definition) is 0. The van der Waals surface area contributed by atoms with Gasteiger partial charge in [-0.2, -0.15) is 0 Å². The third-order valence-corrected chi connectivity index (χ3v) is 4.48. The van der Waals surface area contributed by atoms with Crippen molar-refractivity contribution in [3.05, 3.63) is 107 Å². The van der Waals surface area contributed by atoms with Crippen molar-refractivity contribution < 1.29 is 4.79 Å². The number of anilines is 1. The van der Waals surface area contributed by atoms with Crippen LogP contribution in [-0.2, 0) is 4.79 Å². The number of hydrogen-bond acceptors (Lipinski definition) is 2. The molecule has 1 amide bonds. The highest BCUT2D eigenvalue weighted by Crippen LogP contribution is 2.22. The van der Waals surface area contributed by atoms with Crippen molar-refractivity contribution in [1.82, 2.24) is 4.57 Å². The number of aromatic nitrogens is 1. The molecule has 4 heteroatoms. The maximum absolute atomic E-state index is 11.6. The van der Waals surface area contributed by atoms with E-state index in [1.807, 2.05) is 86.1 Å². The Hall–Kier alpha value is -3.40. The molecule has 0 aliphatic carbocycles. The molecule has 142 valence electrons. The summed E-state index contributed by atoms with van der Waals surface area (Å²) in [5, 5.41) is 0. The second-order valence-corrected chi connectivity index (χ2v) is 6.82. The maximum atomic E-state index is 11.6. The second-order valence-electron chi connectivity index (χ2n) is 6.82. The van der Waals surface area contributed by atoms with Crippen molar-refractivity contribution in [2.45, 2.75) is 26.7 Å². The smallest absolute Gasteiger partial charge is 0.255 e. The van der Waals surface area contributed by atoms with Gasteiger partial charge in [0.1, 0.15) is 0 Å². The Kier molecular flexibility index (Phi) is 6.22. The first-order chi connectivity index (χ1) is 13.5. The van der Waals surface area contributed by atoms with Crippen molar-refractivity contribution in [1.29, 1.82) is 0 Å². The molecule has 0 bridgehead atoms. The highest BCUT2D eigenvalue weighted by Gasteiger charge is 2.17. The van der Waals surface area contributed by atoms with Crippen LogP contribution in [0.5, 0.6) is 0 Å². The van der Waals surface area contributed by atoms with Crippen LogP contribution < -0.4 is 10.5 Å². The molecule has 0 radical (unpaired) electrons. The molecule has 0 spiro atoms. The van der Waals surface area contributed by atoms with Gasteiger partial charge in [0.2, 0.25) is 5.91 Å². The van der Waals surface area contributed by atoms with E-state index in [1.54, 1.807) is 15.5 Å². The molecule has 0 saturated carbocycles. The summed E-state index contributed by atoms with van der Waals surface area (Å²) < 4.78 is 1.65. The minimum atomic E-state index is 0.00167. The largest absolute Gasteiger partial charge is 0.288 e. The maximum Gasteiger partial charge on any atom is 0.255 e. The van der Waals surface area contributed by atoms with Crippen molar-refractivity contribution in [2.75, 3.05) is 4.90 Å². The van der Waals surface area contributed by atoms with Gasteiger partial charge in [-0.1, -0.05) is 48.0 Å². The number of rotatable bonds is 2. The van der Waals surface area contributed by atoms with E-state index >= 15 is 0 Å². The fourth-order valence-corrected chi connectivity index (χ4v) is 2.97. The Morgan fingerprint density at radius 1 is 0.714 bits per heavy atom. The molecule has 4 rings (SSSR count). The zero-order valence-corrected chi connectivity index (χ0v) is 16.2. The van der Waals surface area contributed by atoms with Crippen LogP contribution in [0, 0.1) is 6.92 Å². The zero-order valence-electron chi connectivity index (χ0n) is 16.2. The van der Waals surface area contributed by atoms with Crippen LogP contribution in [0.2, 0.25) is 0 Å². The van der Waals surface area contributed by atoms with E-state index in [2.05, 4.69) is 6.92 Å². The monoisotopic (exact) mass is 372 g/mol. The number of carbonyl (C=O) groups is 1. The highest BCUT2D eigenvalue weighted by atomic mass is 16.2. The lowest BCUT2D eigenvalue weighted by atomic mass is 10.1. The van der Waals surface area contributed by atoms with Crippen LogP contribution in [0.3, 0.4) is 0 Å². The van der Waals surface area contributed by atoms with Gasteiger partial charge >= 0.3 is 0 Å². The molecule has 28 heavy (non-hydrogen) atoms. The molecule has 0 saturated heterocycles. The fourth-order valence-electron chi connectivity index (χ4n) is 2.97. The number of para-hydroxylation sites is 2. The third-order valence-electron chi connectivity index (χ3n) is 4.48. The SMILES string of the molecule is CC1=CN(c2ccccc2)C(=O)CC1.Cc1ccc(=O)n(-c2ccccc2)c1. The van der Waals surface area contributed by atoms with Gasteiger partial charge in [0.15, 0.2) is 0 Å². The summed E-state index contributed by atoms with van der Waals surface area (Å²) in [7, 11) is 0. The number of benzene rings is 2. The quantitative estimate of drug-likeness (QED) is 0.644. The molecule has 1 aromatic heterocycles. The van der Waals surface area contributed by atoms with Gasteiger partial charge in [0, 0.05) is 36.3 Å². The fraction of sp³-hybridized carbons (Fsp3) is 0.167. The Morgan fingerprint density at radius 2 is 1.32 bits per heavy atom. The van der Waals surface area contributed by atoms with E-state index in [0.29, 0.717) is 6.42 Å². The van der Waals surface area contributed by atoms with Crippen molar-refractivity contribution in [2.24, 2.45) is 0 Å². The van der Waals surface area contributed by atoms with E-state index in [-0.39, 0.29) is 11.5 Å². The number of pyridine rings is 1. The van der Waals surface area contributed by atoms with Crippen molar-refractivity contribution in [3.63, 3.8) is 0 Å². The predicted octanol–water partition coefficient (Wildman–Crippen LogP) is 4.86. The van der Waals surface area contributed by atoms with Crippen LogP contribution in [0.4, 0.5) is 5.69 Å². The normalized spacial score (nSPS) is 13.4. The molecular formula is C24H24N2O2. The molecular weight excluding hydrogens is 348 g/mol. The lowest BCUT2D eigenvalue weighted by molar-refractivity contribution is -0.118. The topological polar surface area (TPSA) is 42.3 Å². The number of amides is 1. The van der Waals surface area contributed by atoms with Gasteiger partial charge in [-0.15, -0.1) is 0 Å². The molecule has 0 N–H and O–H groups in total. The van der Waals surface area contributed by atoms with Gasteiger partial charge in [-0.3, -0.25) is 19.1 Å². The highest BCUT2D eigenvalue weighted by molar-refractivity contribution is 5.96. The Bertz CT molecular complexity index is 1020. The van der Waals surface area contributed by atoms with Gasteiger partial charge in [-0.05, 0) is 50.1 Å². The minimum Gasteiger partial charge on any atom is -0.288 e. The number of allylic oxidation sites excluding steroid dienone is 1. The Balaban J connectivity index is 0.000000161. The standard InChI is InChI=1S/C12H13NO.C12H11NO/c2*1-10-7-8-12(14)13(9-10)11-5-3-2-4-6-11/h2-6,9H,7-8H2,1H3;2-9H,1H3. The van der Waals surface area contributed by atoms with Crippen LogP contribution in [0.1, 0.15) is 25.3 Å². The predicted molar refractivity (Wildman–Crippen MR) is 114 cm³/mol. The second kappa shape index (κ2) is 9.00. The van der Waals surface area contributed by atoms with E-state index in [1.165, 1.54) is 5.57 Å².